The van der Waals surface area contributed by atoms with Gasteiger partial charge in [0.15, 0.2) is 0 Å². The molecule has 0 amide bonds. The van der Waals surface area contributed by atoms with E-state index in [-0.39, 0.29) is 5.56 Å². The average Bonchev–Trinajstić information content (AvgIpc) is 2.29. The van der Waals surface area contributed by atoms with Crippen LogP contribution in [0.5, 0.6) is 0 Å². The smallest absolute Gasteiger partial charge is 0.286 e. The van der Waals surface area contributed by atoms with Crippen molar-refractivity contribution in [3.05, 3.63) is 63.8 Å². The van der Waals surface area contributed by atoms with Gasteiger partial charge in [-0.25, -0.2) is 4.98 Å². The highest BCUT2D eigenvalue weighted by Gasteiger charge is 2.03. The van der Waals surface area contributed by atoms with Gasteiger partial charge in [0, 0.05) is 11.8 Å². The van der Waals surface area contributed by atoms with Gasteiger partial charge < -0.3 is 4.84 Å². The van der Waals surface area contributed by atoms with E-state index in [4.69, 9.17) is 4.84 Å². The minimum Gasteiger partial charge on any atom is -0.404 e. The Morgan fingerprint density at radius 3 is 2.59 bits per heavy atom. The predicted molar refractivity (Wildman–Crippen MR) is 64.7 cm³/mol. The number of benzene rings is 1. The Labute approximate surface area is 99.5 Å². The van der Waals surface area contributed by atoms with Crippen molar-refractivity contribution in [1.82, 2.24) is 9.71 Å². The molecule has 2 rings (SSSR count). The van der Waals surface area contributed by atoms with E-state index in [9.17, 15) is 4.79 Å². The third-order valence-electron chi connectivity index (χ3n) is 2.37. The minimum atomic E-state index is -0.189. The molecule has 1 heterocycles. The van der Waals surface area contributed by atoms with Gasteiger partial charge in [0.25, 0.3) is 5.56 Å². The summed E-state index contributed by atoms with van der Waals surface area (Å²) in [6.45, 7) is 3.89. The molecule has 0 N–H and O–H groups in total. The third-order valence-corrected chi connectivity index (χ3v) is 2.37. The van der Waals surface area contributed by atoms with Crippen molar-refractivity contribution < 1.29 is 4.84 Å². The van der Waals surface area contributed by atoms with E-state index in [1.54, 1.807) is 13.8 Å². The van der Waals surface area contributed by atoms with Crippen LogP contribution in [-0.4, -0.2) is 9.71 Å². The first kappa shape index (κ1) is 11.4. The molecule has 0 atom stereocenters. The van der Waals surface area contributed by atoms with Crippen LogP contribution in [0.25, 0.3) is 0 Å². The molecule has 4 nitrogen and oxygen atoms in total. The van der Waals surface area contributed by atoms with Gasteiger partial charge in [0.2, 0.25) is 0 Å². The molecule has 0 aliphatic heterocycles. The zero-order chi connectivity index (χ0) is 12.3. The molecule has 0 fully saturated rings. The summed E-state index contributed by atoms with van der Waals surface area (Å²) in [5.41, 5.74) is 1.53. The average molecular weight is 230 g/mol. The number of hydrogen-bond acceptors (Lipinski definition) is 3. The second kappa shape index (κ2) is 4.82. The molecule has 0 saturated carbocycles. The highest BCUT2D eigenvalue weighted by molar-refractivity contribution is 5.13. The monoisotopic (exact) mass is 230 g/mol. The molecule has 0 bridgehead atoms. The molecule has 0 radical (unpaired) electrons. The van der Waals surface area contributed by atoms with Crippen LogP contribution in [-0.2, 0) is 6.61 Å². The molecule has 0 unspecified atom stereocenters. The van der Waals surface area contributed by atoms with Gasteiger partial charge in [-0.2, -0.15) is 0 Å². The Kier molecular flexibility index (Phi) is 3.23. The topological polar surface area (TPSA) is 44.1 Å². The molecule has 0 saturated heterocycles. The Morgan fingerprint density at radius 2 is 1.94 bits per heavy atom. The number of rotatable bonds is 3. The van der Waals surface area contributed by atoms with Crippen molar-refractivity contribution >= 4 is 0 Å². The third kappa shape index (κ3) is 2.72. The minimum absolute atomic E-state index is 0.189. The quantitative estimate of drug-likeness (QED) is 0.802. The Balaban J connectivity index is 2.18. The maximum atomic E-state index is 11.7. The van der Waals surface area contributed by atoms with E-state index in [1.165, 1.54) is 10.8 Å². The van der Waals surface area contributed by atoms with E-state index in [0.717, 1.165) is 5.56 Å². The van der Waals surface area contributed by atoms with Crippen molar-refractivity contribution in [1.29, 1.82) is 0 Å². The standard InChI is InChI=1S/C13H14N2O2/c1-10-8-13(16)15(11(2)14-10)17-9-12-6-4-3-5-7-12/h3-8H,9H2,1-2H3. The van der Waals surface area contributed by atoms with E-state index >= 15 is 0 Å². The van der Waals surface area contributed by atoms with E-state index in [0.29, 0.717) is 18.1 Å². The molecule has 2 aromatic rings. The zero-order valence-electron chi connectivity index (χ0n) is 9.88. The van der Waals surface area contributed by atoms with Gasteiger partial charge in [-0.15, -0.1) is 4.73 Å². The summed E-state index contributed by atoms with van der Waals surface area (Å²) in [5, 5.41) is 0. The summed E-state index contributed by atoms with van der Waals surface area (Å²) in [7, 11) is 0. The normalized spacial score (nSPS) is 10.2. The van der Waals surface area contributed by atoms with Crippen LogP contribution in [0.15, 0.2) is 41.2 Å². The SMILES string of the molecule is Cc1cc(=O)n(OCc2ccccc2)c(C)n1. The fourth-order valence-electron chi connectivity index (χ4n) is 1.60. The molecule has 1 aromatic carbocycles. The molecular formula is C13H14N2O2. The number of aryl methyl sites for hydroxylation is 2. The van der Waals surface area contributed by atoms with Crippen molar-refractivity contribution in [2.45, 2.75) is 20.5 Å². The van der Waals surface area contributed by atoms with Crippen molar-refractivity contribution in [3.8, 4) is 0 Å². The molecule has 0 spiro atoms. The van der Waals surface area contributed by atoms with Crippen molar-refractivity contribution in [2.24, 2.45) is 0 Å². The van der Waals surface area contributed by atoms with Gasteiger partial charge in [0.05, 0.1) is 0 Å². The van der Waals surface area contributed by atoms with Crippen LogP contribution < -0.4 is 10.4 Å². The lowest BCUT2D eigenvalue weighted by Gasteiger charge is -2.10. The van der Waals surface area contributed by atoms with Gasteiger partial charge in [0.1, 0.15) is 12.4 Å². The summed E-state index contributed by atoms with van der Waals surface area (Å²) < 4.78 is 1.22. The fourth-order valence-corrected chi connectivity index (χ4v) is 1.60. The van der Waals surface area contributed by atoms with Crippen LogP contribution in [0.2, 0.25) is 0 Å². The summed E-state index contributed by atoms with van der Waals surface area (Å²) in [6, 6.07) is 11.2. The fraction of sp³-hybridized carbons (Fsp3) is 0.231. The Morgan fingerprint density at radius 1 is 1.24 bits per heavy atom. The van der Waals surface area contributed by atoms with Crippen LogP contribution in [0.3, 0.4) is 0 Å². The lowest BCUT2D eigenvalue weighted by atomic mass is 10.2. The van der Waals surface area contributed by atoms with Crippen LogP contribution >= 0.6 is 0 Å². The molecular weight excluding hydrogens is 216 g/mol. The van der Waals surface area contributed by atoms with E-state index in [2.05, 4.69) is 4.98 Å². The zero-order valence-corrected chi connectivity index (χ0v) is 9.88. The maximum Gasteiger partial charge on any atom is 0.286 e. The second-order valence-electron chi connectivity index (χ2n) is 3.84. The Bertz CT molecular complexity index is 561. The highest BCUT2D eigenvalue weighted by Crippen LogP contribution is 1.99. The van der Waals surface area contributed by atoms with Gasteiger partial charge in [-0.05, 0) is 19.4 Å². The van der Waals surface area contributed by atoms with Gasteiger partial charge in [-0.1, -0.05) is 30.3 Å². The summed E-state index contributed by atoms with van der Waals surface area (Å²) >= 11 is 0. The summed E-state index contributed by atoms with van der Waals surface area (Å²) in [5.74, 6) is 0.561. The molecule has 0 aliphatic rings. The van der Waals surface area contributed by atoms with Crippen LogP contribution in [0.4, 0.5) is 0 Å². The van der Waals surface area contributed by atoms with Crippen molar-refractivity contribution in [2.75, 3.05) is 0 Å². The molecule has 1 aromatic heterocycles. The second-order valence-corrected chi connectivity index (χ2v) is 3.84. The van der Waals surface area contributed by atoms with Crippen LogP contribution in [0.1, 0.15) is 17.1 Å². The lowest BCUT2D eigenvalue weighted by Crippen LogP contribution is -2.29. The molecule has 88 valence electrons. The molecule has 4 heteroatoms. The number of hydrogen-bond donors (Lipinski definition) is 0. The van der Waals surface area contributed by atoms with Crippen LogP contribution in [0, 0.1) is 13.8 Å². The first-order valence-electron chi connectivity index (χ1n) is 5.41. The number of nitrogens with zero attached hydrogens (tertiary/aromatic N) is 2. The molecule has 17 heavy (non-hydrogen) atoms. The van der Waals surface area contributed by atoms with Gasteiger partial charge >= 0.3 is 0 Å². The van der Waals surface area contributed by atoms with Gasteiger partial charge in [-0.3, -0.25) is 4.79 Å². The number of aromatic nitrogens is 2. The maximum absolute atomic E-state index is 11.7. The largest absolute Gasteiger partial charge is 0.404 e. The van der Waals surface area contributed by atoms with E-state index in [1.807, 2.05) is 30.3 Å². The molecule has 0 aliphatic carbocycles. The Hall–Kier alpha value is -2.10. The predicted octanol–water partition coefficient (Wildman–Crippen LogP) is 1.49. The first-order chi connectivity index (χ1) is 8.16. The van der Waals surface area contributed by atoms with E-state index < -0.39 is 0 Å². The van der Waals surface area contributed by atoms with Crippen molar-refractivity contribution in [3.63, 3.8) is 0 Å². The summed E-state index contributed by atoms with van der Waals surface area (Å²) in [4.78, 5) is 21.3. The first-order valence-corrected chi connectivity index (χ1v) is 5.41. The highest BCUT2D eigenvalue weighted by atomic mass is 16.7. The summed E-state index contributed by atoms with van der Waals surface area (Å²) in [6.07, 6.45) is 0. The lowest BCUT2D eigenvalue weighted by molar-refractivity contribution is 0.0814.